The van der Waals surface area contributed by atoms with Crippen LogP contribution in [-0.4, -0.2) is 30.1 Å². The summed E-state index contributed by atoms with van der Waals surface area (Å²) in [5, 5.41) is 0. The number of ether oxygens (including phenoxy) is 2. The van der Waals surface area contributed by atoms with Gasteiger partial charge in [0.2, 0.25) is 0 Å². The Balaban J connectivity index is 2.17. The van der Waals surface area contributed by atoms with Crippen molar-refractivity contribution in [1.82, 2.24) is 9.38 Å². The van der Waals surface area contributed by atoms with Gasteiger partial charge in [0, 0.05) is 18.2 Å². The highest BCUT2D eigenvalue weighted by Gasteiger charge is 2.14. The summed E-state index contributed by atoms with van der Waals surface area (Å²) >= 11 is 0. The van der Waals surface area contributed by atoms with Crippen LogP contribution < -0.4 is 15.2 Å². The Morgan fingerprint density at radius 2 is 1.91 bits per heavy atom. The number of methoxy groups -OCH3 is 2. The topological polar surface area (TPSA) is 61.8 Å². The second-order valence-corrected chi connectivity index (χ2v) is 4.95. The average molecular weight is 297 g/mol. The molecule has 5 nitrogen and oxygen atoms in total. The molecule has 0 bridgehead atoms. The minimum Gasteiger partial charge on any atom is -0.493 e. The Bertz CT molecular complexity index is 796. The van der Waals surface area contributed by atoms with Crippen molar-refractivity contribution in [2.45, 2.75) is 6.42 Å². The van der Waals surface area contributed by atoms with Crippen LogP contribution in [0.15, 0.2) is 42.6 Å². The van der Waals surface area contributed by atoms with Crippen molar-refractivity contribution in [3.63, 3.8) is 0 Å². The Morgan fingerprint density at radius 3 is 2.64 bits per heavy atom. The van der Waals surface area contributed by atoms with Gasteiger partial charge >= 0.3 is 0 Å². The Hall–Kier alpha value is -2.53. The molecule has 0 aliphatic rings. The van der Waals surface area contributed by atoms with Crippen LogP contribution in [0.4, 0.5) is 0 Å². The van der Waals surface area contributed by atoms with Gasteiger partial charge < -0.3 is 15.2 Å². The van der Waals surface area contributed by atoms with Crippen LogP contribution in [0.5, 0.6) is 11.5 Å². The molecule has 2 aromatic heterocycles. The molecular formula is C17H19N3O2. The van der Waals surface area contributed by atoms with Crippen LogP contribution >= 0.6 is 0 Å². The summed E-state index contributed by atoms with van der Waals surface area (Å²) in [6.45, 7) is 0.576. The van der Waals surface area contributed by atoms with Gasteiger partial charge in [-0.3, -0.25) is 4.40 Å². The van der Waals surface area contributed by atoms with Gasteiger partial charge in [-0.25, -0.2) is 4.98 Å². The predicted molar refractivity (Wildman–Crippen MR) is 86.5 cm³/mol. The maximum absolute atomic E-state index is 5.70. The number of rotatable bonds is 5. The lowest BCUT2D eigenvalue weighted by atomic mass is 10.2. The number of benzene rings is 1. The molecule has 0 spiro atoms. The van der Waals surface area contributed by atoms with Crippen LogP contribution in [0.3, 0.4) is 0 Å². The average Bonchev–Trinajstić information content (AvgIpc) is 2.93. The maximum atomic E-state index is 5.70. The Morgan fingerprint density at radius 1 is 1.09 bits per heavy atom. The zero-order chi connectivity index (χ0) is 15.5. The number of hydrogen-bond donors (Lipinski definition) is 1. The highest BCUT2D eigenvalue weighted by molar-refractivity contribution is 5.68. The van der Waals surface area contributed by atoms with Crippen molar-refractivity contribution in [3.05, 3.63) is 48.3 Å². The summed E-state index contributed by atoms with van der Waals surface area (Å²) in [4.78, 5) is 4.77. The van der Waals surface area contributed by atoms with E-state index in [1.54, 1.807) is 14.2 Å². The fourth-order valence-corrected chi connectivity index (χ4v) is 2.60. The number of nitrogens with two attached hydrogens (primary N) is 1. The normalized spacial score (nSPS) is 10.9. The molecule has 0 atom stereocenters. The van der Waals surface area contributed by atoms with E-state index in [2.05, 4.69) is 10.5 Å². The first-order chi connectivity index (χ1) is 10.8. The predicted octanol–water partition coefficient (Wildman–Crippen LogP) is 2.52. The van der Waals surface area contributed by atoms with Gasteiger partial charge in [-0.05, 0) is 36.9 Å². The van der Waals surface area contributed by atoms with Gasteiger partial charge in [-0.1, -0.05) is 6.07 Å². The van der Waals surface area contributed by atoms with E-state index in [1.807, 2.05) is 36.5 Å². The molecule has 114 valence electrons. The Kier molecular flexibility index (Phi) is 3.98. The third kappa shape index (κ3) is 2.40. The summed E-state index contributed by atoms with van der Waals surface area (Å²) in [6.07, 6.45) is 2.76. The molecule has 2 N–H and O–H groups in total. The van der Waals surface area contributed by atoms with E-state index in [0.717, 1.165) is 29.0 Å². The van der Waals surface area contributed by atoms with Gasteiger partial charge in [0.15, 0.2) is 11.5 Å². The maximum Gasteiger partial charge on any atom is 0.161 e. The largest absolute Gasteiger partial charge is 0.493 e. The summed E-state index contributed by atoms with van der Waals surface area (Å²) < 4.78 is 12.7. The molecule has 3 aromatic rings. The van der Waals surface area contributed by atoms with Gasteiger partial charge in [0.1, 0.15) is 5.82 Å². The minimum absolute atomic E-state index is 0.576. The van der Waals surface area contributed by atoms with Crippen molar-refractivity contribution >= 4 is 5.52 Å². The van der Waals surface area contributed by atoms with Crippen molar-refractivity contribution < 1.29 is 9.47 Å². The summed E-state index contributed by atoms with van der Waals surface area (Å²) in [5.74, 6) is 2.27. The number of aromatic nitrogens is 2. The third-order valence-corrected chi connectivity index (χ3v) is 3.65. The van der Waals surface area contributed by atoms with Crippen molar-refractivity contribution in [2.75, 3.05) is 20.8 Å². The molecule has 0 amide bonds. The van der Waals surface area contributed by atoms with Crippen LogP contribution in [0.1, 0.15) is 5.69 Å². The van der Waals surface area contributed by atoms with E-state index in [-0.39, 0.29) is 0 Å². The third-order valence-electron chi connectivity index (χ3n) is 3.65. The molecule has 0 saturated heterocycles. The quantitative estimate of drug-likeness (QED) is 0.786. The zero-order valence-corrected chi connectivity index (χ0v) is 12.7. The smallest absolute Gasteiger partial charge is 0.161 e. The van der Waals surface area contributed by atoms with Crippen LogP contribution in [0.2, 0.25) is 0 Å². The molecule has 0 aliphatic carbocycles. The Labute approximate surface area is 129 Å². The van der Waals surface area contributed by atoms with E-state index in [0.29, 0.717) is 18.0 Å². The van der Waals surface area contributed by atoms with Gasteiger partial charge in [0.05, 0.1) is 25.4 Å². The first-order valence-electron chi connectivity index (χ1n) is 7.17. The minimum atomic E-state index is 0.576. The summed E-state index contributed by atoms with van der Waals surface area (Å²) in [7, 11) is 3.26. The van der Waals surface area contributed by atoms with E-state index >= 15 is 0 Å². The molecule has 0 radical (unpaired) electrons. The van der Waals surface area contributed by atoms with Crippen molar-refractivity contribution in [3.8, 4) is 22.9 Å². The fourth-order valence-electron chi connectivity index (χ4n) is 2.60. The number of hydrogen-bond acceptors (Lipinski definition) is 4. The zero-order valence-electron chi connectivity index (χ0n) is 12.7. The first-order valence-corrected chi connectivity index (χ1v) is 7.17. The molecule has 1 aromatic carbocycles. The van der Waals surface area contributed by atoms with E-state index < -0.39 is 0 Å². The molecule has 0 unspecified atom stereocenters. The molecule has 0 aliphatic heterocycles. The lowest BCUT2D eigenvalue weighted by Gasteiger charge is -2.09. The van der Waals surface area contributed by atoms with Gasteiger partial charge in [-0.15, -0.1) is 0 Å². The van der Waals surface area contributed by atoms with Gasteiger partial charge in [-0.2, -0.15) is 0 Å². The highest BCUT2D eigenvalue weighted by Crippen LogP contribution is 2.32. The van der Waals surface area contributed by atoms with Gasteiger partial charge in [0.25, 0.3) is 0 Å². The van der Waals surface area contributed by atoms with Crippen LogP contribution in [-0.2, 0) is 6.42 Å². The van der Waals surface area contributed by atoms with Crippen LogP contribution in [0.25, 0.3) is 16.9 Å². The molecule has 2 heterocycles. The molecule has 0 saturated carbocycles. The number of pyridine rings is 1. The van der Waals surface area contributed by atoms with Crippen LogP contribution in [0, 0.1) is 0 Å². The molecule has 5 heteroatoms. The number of fused-ring (bicyclic) bond motifs is 1. The molecule has 22 heavy (non-hydrogen) atoms. The standard InChI is InChI=1S/C17H19N3O2/c1-21-15-7-6-12(11-16(15)22-2)17-19-13(8-9-18)14-5-3-4-10-20(14)17/h3-7,10-11H,8-9,18H2,1-2H3. The fraction of sp³-hybridized carbons (Fsp3) is 0.235. The summed E-state index contributed by atoms with van der Waals surface area (Å²) in [6, 6.07) is 11.9. The first kappa shape index (κ1) is 14.4. The number of imidazole rings is 1. The van der Waals surface area contributed by atoms with Crippen molar-refractivity contribution in [2.24, 2.45) is 5.73 Å². The lowest BCUT2D eigenvalue weighted by molar-refractivity contribution is 0.355. The van der Waals surface area contributed by atoms with E-state index in [4.69, 9.17) is 20.2 Å². The highest BCUT2D eigenvalue weighted by atomic mass is 16.5. The lowest BCUT2D eigenvalue weighted by Crippen LogP contribution is -2.03. The second kappa shape index (κ2) is 6.07. The second-order valence-electron chi connectivity index (χ2n) is 4.95. The van der Waals surface area contributed by atoms with E-state index in [1.165, 1.54) is 0 Å². The number of nitrogens with zero attached hydrogens (tertiary/aromatic N) is 2. The van der Waals surface area contributed by atoms with E-state index in [9.17, 15) is 0 Å². The summed E-state index contributed by atoms with van der Waals surface area (Å²) in [5.41, 5.74) is 8.76. The molecule has 0 fully saturated rings. The molecule has 3 rings (SSSR count). The monoisotopic (exact) mass is 297 g/mol. The van der Waals surface area contributed by atoms with Crippen molar-refractivity contribution in [1.29, 1.82) is 0 Å². The molecular weight excluding hydrogens is 278 g/mol. The SMILES string of the molecule is COc1ccc(-c2nc(CCN)c3ccccn23)cc1OC.